The molecule has 0 spiro atoms. The molecule has 0 radical (unpaired) electrons. The van der Waals surface area contributed by atoms with E-state index in [0.717, 1.165) is 0 Å². The van der Waals surface area contributed by atoms with Crippen LogP contribution in [0.4, 0.5) is 8.78 Å². The van der Waals surface area contributed by atoms with Crippen molar-refractivity contribution in [1.29, 1.82) is 0 Å². The molecule has 0 heterocycles. The summed E-state index contributed by atoms with van der Waals surface area (Å²) < 4.78 is 24.5. The van der Waals surface area contributed by atoms with Crippen molar-refractivity contribution in [2.24, 2.45) is 11.5 Å². The first-order valence-electron chi connectivity index (χ1n) is 3.60. The molecule has 0 aromatic heterocycles. The molecule has 0 saturated heterocycles. The summed E-state index contributed by atoms with van der Waals surface area (Å²) >= 11 is 0. The van der Waals surface area contributed by atoms with Gasteiger partial charge in [-0.25, -0.2) is 8.78 Å². The number of aliphatic hydroxyl groups is 1. The highest BCUT2D eigenvalue weighted by molar-refractivity contribution is 5.09. The maximum Gasteiger partial charge on any atom is 0.263 e. The predicted octanol–water partition coefficient (Wildman–Crippen LogP) is 0.760. The Balaban J connectivity index is 4.29. The van der Waals surface area contributed by atoms with E-state index in [1.807, 2.05) is 0 Å². The Labute approximate surface area is 70.0 Å². The lowest BCUT2D eigenvalue weighted by atomic mass is 9.93. The topological polar surface area (TPSA) is 72.3 Å². The summed E-state index contributed by atoms with van der Waals surface area (Å²) in [6, 6.07) is 0. The molecule has 0 fully saturated rings. The summed E-state index contributed by atoms with van der Waals surface area (Å²) in [4.78, 5) is 0. The minimum atomic E-state index is -2.82. The van der Waals surface area contributed by atoms with Crippen LogP contribution in [0, 0.1) is 0 Å². The van der Waals surface area contributed by atoms with Crippen molar-refractivity contribution in [3.63, 3.8) is 0 Å². The molecule has 0 aromatic rings. The average Bonchev–Trinajstić information content (AvgIpc) is 1.99. The Bertz CT molecular complexity index is 163. The first-order chi connectivity index (χ1) is 5.45. The van der Waals surface area contributed by atoms with Gasteiger partial charge >= 0.3 is 0 Å². The van der Waals surface area contributed by atoms with Crippen molar-refractivity contribution in [2.45, 2.75) is 24.8 Å². The lowest BCUT2D eigenvalue weighted by Gasteiger charge is -2.26. The fourth-order valence-electron chi connectivity index (χ4n) is 0.774. The van der Waals surface area contributed by atoms with E-state index < -0.39 is 17.7 Å². The third-order valence-corrected chi connectivity index (χ3v) is 1.72. The van der Waals surface area contributed by atoms with Crippen LogP contribution in [-0.4, -0.2) is 23.6 Å². The van der Waals surface area contributed by atoms with E-state index in [1.54, 1.807) is 0 Å². The molecule has 0 saturated carbocycles. The molecule has 0 aromatic carbocycles. The normalized spacial score (nSPS) is 16.1. The molecule has 1 atom stereocenters. The number of halogens is 2. The van der Waals surface area contributed by atoms with Gasteiger partial charge in [0.05, 0.1) is 0 Å². The highest BCUT2D eigenvalue weighted by Crippen LogP contribution is 2.24. The van der Waals surface area contributed by atoms with Crippen LogP contribution in [0.3, 0.4) is 0 Å². The number of hydrogen-bond donors (Lipinski definition) is 3. The first kappa shape index (κ1) is 11.3. The molecule has 72 valence electrons. The SMILES string of the molecule is C=C(O)[C@@](N)(CCCN)C(F)F. The van der Waals surface area contributed by atoms with Gasteiger partial charge in [-0.15, -0.1) is 0 Å². The highest BCUT2D eigenvalue weighted by atomic mass is 19.3. The molecule has 0 aliphatic carbocycles. The van der Waals surface area contributed by atoms with Crippen LogP contribution in [0.25, 0.3) is 0 Å². The van der Waals surface area contributed by atoms with Crippen LogP contribution in [0.1, 0.15) is 12.8 Å². The van der Waals surface area contributed by atoms with Gasteiger partial charge in [-0.2, -0.15) is 0 Å². The smallest absolute Gasteiger partial charge is 0.263 e. The minimum absolute atomic E-state index is 0.0590. The maximum atomic E-state index is 12.3. The number of aliphatic hydroxyl groups excluding tert-OH is 1. The Morgan fingerprint density at radius 2 is 2.08 bits per heavy atom. The van der Waals surface area contributed by atoms with Crippen LogP contribution in [0.15, 0.2) is 12.3 Å². The molecule has 0 bridgehead atoms. The molecule has 0 unspecified atom stereocenters. The lowest BCUT2D eigenvalue weighted by Crippen LogP contribution is -2.48. The van der Waals surface area contributed by atoms with Gasteiger partial charge in [-0.05, 0) is 19.4 Å². The fourth-order valence-corrected chi connectivity index (χ4v) is 0.774. The van der Waals surface area contributed by atoms with Gasteiger partial charge in [0.1, 0.15) is 11.3 Å². The molecule has 3 nitrogen and oxygen atoms in total. The van der Waals surface area contributed by atoms with Crippen LogP contribution in [0.5, 0.6) is 0 Å². The van der Waals surface area contributed by atoms with Crippen molar-refractivity contribution in [2.75, 3.05) is 6.54 Å². The quantitative estimate of drug-likeness (QED) is 0.547. The monoisotopic (exact) mass is 180 g/mol. The van der Waals surface area contributed by atoms with Crippen LogP contribution in [0.2, 0.25) is 0 Å². The van der Waals surface area contributed by atoms with E-state index in [-0.39, 0.29) is 13.0 Å². The van der Waals surface area contributed by atoms with Crippen molar-refractivity contribution < 1.29 is 13.9 Å². The van der Waals surface area contributed by atoms with Gasteiger partial charge in [-0.3, -0.25) is 0 Å². The summed E-state index contributed by atoms with van der Waals surface area (Å²) in [6.07, 6.45) is -2.54. The molecule has 0 aliphatic heterocycles. The fraction of sp³-hybridized carbons (Fsp3) is 0.714. The standard InChI is InChI=1S/C7H14F2N2O/c1-5(12)7(11,6(8)9)3-2-4-10/h6,12H,1-4,10-11H2/t7-/m0/s1. The van der Waals surface area contributed by atoms with Crippen LogP contribution < -0.4 is 11.5 Å². The Kier molecular flexibility index (Phi) is 4.12. The molecule has 0 rings (SSSR count). The largest absolute Gasteiger partial charge is 0.511 e. The van der Waals surface area contributed by atoms with E-state index in [1.165, 1.54) is 0 Å². The van der Waals surface area contributed by atoms with E-state index in [9.17, 15) is 8.78 Å². The molecular formula is C7H14F2N2O. The van der Waals surface area contributed by atoms with Crippen LogP contribution >= 0.6 is 0 Å². The van der Waals surface area contributed by atoms with Crippen molar-refractivity contribution in [3.05, 3.63) is 12.3 Å². The second-order valence-corrected chi connectivity index (χ2v) is 2.68. The Hall–Kier alpha value is -0.680. The highest BCUT2D eigenvalue weighted by Gasteiger charge is 2.38. The Morgan fingerprint density at radius 3 is 2.33 bits per heavy atom. The summed E-state index contributed by atoms with van der Waals surface area (Å²) in [7, 11) is 0. The third-order valence-electron chi connectivity index (χ3n) is 1.72. The van der Waals surface area contributed by atoms with Crippen molar-refractivity contribution in [1.82, 2.24) is 0 Å². The molecule has 5 N–H and O–H groups in total. The molecular weight excluding hydrogens is 166 g/mol. The second-order valence-electron chi connectivity index (χ2n) is 2.68. The number of rotatable bonds is 5. The second kappa shape index (κ2) is 4.37. The van der Waals surface area contributed by atoms with Gasteiger partial charge in [0.15, 0.2) is 0 Å². The number of hydrogen-bond acceptors (Lipinski definition) is 3. The zero-order valence-electron chi connectivity index (χ0n) is 6.76. The van der Waals surface area contributed by atoms with E-state index in [2.05, 4.69) is 6.58 Å². The van der Waals surface area contributed by atoms with Gasteiger partial charge in [0.2, 0.25) is 0 Å². The summed E-state index contributed by atoms with van der Waals surface area (Å²) in [5, 5.41) is 8.83. The minimum Gasteiger partial charge on any atom is -0.511 e. The zero-order chi connectivity index (χ0) is 9.78. The molecule has 0 aliphatic rings. The van der Waals surface area contributed by atoms with Crippen LogP contribution in [-0.2, 0) is 0 Å². The van der Waals surface area contributed by atoms with E-state index in [4.69, 9.17) is 16.6 Å². The predicted molar refractivity (Wildman–Crippen MR) is 43.0 cm³/mol. The maximum absolute atomic E-state index is 12.3. The molecule has 0 amide bonds. The lowest BCUT2D eigenvalue weighted by molar-refractivity contribution is 0.0450. The zero-order valence-corrected chi connectivity index (χ0v) is 6.76. The van der Waals surface area contributed by atoms with Gasteiger partial charge in [0.25, 0.3) is 6.43 Å². The van der Waals surface area contributed by atoms with Crippen molar-refractivity contribution in [3.8, 4) is 0 Å². The summed E-state index contributed by atoms with van der Waals surface area (Å²) in [6.45, 7) is 3.27. The molecule has 5 heteroatoms. The molecule has 12 heavy (non-hydrogen) atoms. The van der Waals surface area contributed by atoms with Gasteiger partial charge in [0, 0.05) is 0 Å². The van der Waals surface area contributed by atoms with Gasteiger partial charge < -0.3 is 16.6 Å². The Morgan fingerprint density at radius 1 is 1.58 bits per heavy atom. The first-order valence-corrected chi connectivity index (χ1v) is 3.60. The third kappa shape index (κ3) is 2.42. The van der Waals surface area contributed by atoms with E-state index in [0.29, 0.717) is 6.42 Å². The number of alkyl halides is 2. The van der Waals surface area contributed by atoms with Gasteiger partial charge in [-0.1, -0.05) is 6.58 Å². The summed E-state index contributed by atoms with van der Waals surface area (Å²) in [5.74, 6) is -0.689. The summed E-state index contributed by atoms with van der Waals surface area (Å²) in [5.41, 5.74) is 8.34. The number of nitrogens with two attached hydrogens (primary N) is 2. The average molecular weight is 180 g/mol. The van der Waals surface area contributed by atoms with Crippen molar-refractivity contribution >= 4 is 0 Å². The van der Waals surface area contributed by atoms with E-state index >= 15 is 0 Å².